The predicted octanol–water partition coefficient (Wildman–Crippen LogP) is 1.45. The highest BCUT2D eigenvalue weighted by molar-refractivity contribution is 7.10. The van der Waals surface area contributed by atoms with E-state index in [-0.39, 0.29) is 5.91 Å². The smallest absolute Gasteiger partial charge is 0.227 e. The molecule has 1 aromatic heterocycles. The van der Waals surface area contributed by atoms with E-state index in [9.17, 15) is 4.79 Å². The molecule has 2 heterocycles. The quantitative estimate of drug-likeness (QED) is 0.796. The van der Waals surface area contributed by atoms with Gasteiger partial charge in [-0.1, -0.05) is 6.07 Å². The average molecular weight is 238 g/mol. The second-order valence-corrected chi connectivity index (χ2v) is 5.53. The van der Waals surface area contributed by atoms with Crippen LogP contribution in [0.15, 0.2) is 17.5 Å². The first-order valence-electron chi connectivity index (χ1n) is 5.63. The van der Waals surface area contributed by atoms with Crippen LogP contribution in [0.3, 0.4) is 0 Å². The third kappa shape index (κ3) is 2.62. The molecule has 3 nitrogen and oxygen atoms in total. The van der Waals surface area contributed by atoms with Crippen LogP contribution in [0.4, 0.5) is 0 Å². The first-order chi connectivity index (χ1) is 7.66. The van der Waals surface area contributed by atoms with Crippen molar-refractivity contribution in [2.24, 2.45) is 0 Å². The largest absolute Gasteiger partial charge is 0.341 e. The van der Waals surface area contributed by atoms with Crippen molar-refractivity contribution in [3.05, 3.63) is 22.4 Å². The Bertz CT molecular complexity index is 348. The summed E-state index contributed by atoms with van der Waals surface area (Å²) in [6.45, 7) is 1.80. The summed E-state index contributed by atoms with van der Waals surface area (Å²) >= 11 is 1.66. The highest BCUT2D eigenvalue weighted by Gasteiger charge is 2.27. The van der Waals surface area contributed by atoms with Gasteiger partial charge in [0.2, 0.25) is 5.91 Å². The maximum Gasteiger partial charge on any atom is 0.227 e. The number of thiophene rings is 1. The van der Waals surface area contributed by atoms with Gasteiger partial charge in [-0.25, -0.2) is 0 Å². The van der Waals surface area contributed by atoms with Crippen molar-refractivity contribution in [3.8, 4) is 0 Å². The molecule has 1 fully saturated rings. The number of hydrogen-bond acceptors (Lipinski definition) is 3. The van der Waals surface area contributed by atoms with Crippen molar-refractivity contribution in [2.75, 3.05) is 27.2 Å². The van der Waals surface area contributed by atoms with Crippen LogP contribution in [0.25, 0.3) is 0 Å². The molecule has 0 spiro atoms. The lowest BCUT2D eigenvalue weighted by Gasteiger charge is -2.20. The highest BCUT2D eigenvalue weighted by atomic mass is 32.1. The standard InChI is InChI=1S/C12H18N2OS/c1-13(2)10-5-6-14(9-10)12(15)8-11-4-3-7-16-11/h3-4,7,10H,5-6,8-9H2,1-2H3. The van der Waals surface area contributed by atoms with E-state index in [4.69, 9.17) is 0 Å². The summed E-state index contributed by atoms with van der Waals surface area (Å²) in [5.41, 5.74) is 0. The maximum absolute atomic E-state index is 12.0. The van der Waals surface area contributed by atoms with Gasteiger partial charge in [0.1, 0.15) is 0 Å². The van der Waals surface area contributed by atoms with Gasteiger partial charge in [-0.15, -0.1) is 11.3 Å². The topological polar surface area (TPSA) is 23.6 Å². The molecule has 1 aromatic rings. The third-order valence-corrected chi connectivity index (χ3v) is 4.03. The Hall–Kier alpha value is -0.870. The Kier molecular flexibility index (Phi) is 3.61. The molecular formula is C12H18N2OS. The minimum Gasteiger partial charge on any atom is -0.341 e. The summed E-state index contributed by atoms with van der Waals surface area (Å²) in [7, 11) is 4.16. The molecule has 1 aliphatic heterocycles. The molecule has 1 unspecified atom stereocenters. The maximum atomic E-state index is 12.0. The van der Waals surface area contributed by atoms with Crippen LogP contribution in [0, 0.1) is 0 Å². The molecule has 1 aliphatic rings. The summed E-state index contributed by atoms with van der Waals surface area (Å²) in [6.07, 6.45) is 1.67. The van der Waals surface area contributed by atoms with Crippen LogP contribution >= 0.6 is 11.3 Å². The molecule has 0 saturated carbocycles. The van der Waals surface area contributed by atoms with Crippen LogP contribution in [0.1, 0.15) is 11.3 Å². The fourth-order valence-corrected chi connectivity index (χ4v) is 2.76. The van der Waals surface area contributed by atoms with Crippen LogP contribution in [-0.2, 0) is 11.2 Å². The van der Waals surface area contributed by atoms with E-state index in [1.54, 1.807) is 11.3 Å². The van der Waals surface area contributed by atoms with Crippen LogP contribution < -0.4 is 0 Å². The molecule has 1 amide bonds. The Morgan fingerprint density at radius 1 is 1.62 bits per heavy atom. The molecular weight excluding hydrogens is 220 g/mol. The minimum absolute atomic E-state index is 0.270. The summed E-state index contributed by atoms with van der Waals surface area (Å²) in [6, 6.07) is 4.56. The van der Waals surface area contributed by atoms with E-state index in [1.165, 1.54) is 4.88 Å². The van der Waals surface area contributed by atoms with E-state index in [0.717, 1.165) is 19.5 Å². The zero-order valence-electron chi connectivity index (χ0n) is 9.85. The number of likely N-dealkylation sites (N-methyl/N-ethyl adjacent to an activating group) is 1. The highest BCUT2D eigenvalue weighted by Crippen LogP contribution is 2.16. The molecule has 0 bridgehead atoms. The number of amides is 1. The van der Waals surface area contributed by atoms with E-state index in [1.807, 2.05) is 22.4 Å². The molecule has 0 aromatic carbocycles. The molecule has 0 N–H and O–H groups in total. The van der Waals surface area contributed by atoms with Gasteiger partial charge in [-0.3, -0.25) is 4.79 Å². The van der Waals surface area contributed by atoms with Gasteiger partial charge in [0.25, 0.3) is 0 Å². The number of likely N-dealkylation sites (tertiary alicyclic amines) is 1. The lowest BCUT2D eigenvalue weighted by Crippen LogP contribution is -2.35. The first kappa shape index (κ1) is 11.6. The normalized spacial score (nSPS) is 20.7. The summed E-state index contributed by atoms with van der Waals surface area (Å²) in [5, 5.41) is 2.02. The summed E-state index contributed by atoms with van der Waals surface area (Å²) < 4.78 is 0. The van der Waals surface area contributed by atoms with Crippen LogP contribution in [0.2, 0.25) is 0 Å². The predicted molar refractivity (Wildman–Crippen MR) is 66.7 cm³/mol. The van der Waals surface area contributed by atoms with Crippen molar-refractivity contribution < 1.29 is 4.79 Å². The number of nitrogens with zero attached hydrogens (tertiary/aromatic N) is 2. The minimum atomic E-state index is 0.270. The van der Waals surface area contributed by atoms with E-state index < -0.39 is 0 Å². The van der Waals surface area contributed by atoms with E-state index in [0.29, 0.717) is 12.5 Å². The van der Waals surface area contributed by atoms with Gasteiger partial charge in [0.15, 0.2) is 0 Å². The lowest BCUT2D eigenvalue weighted by molar-refractivity contribution is -0.129. The average Bonchev–Trinajstić information content (AvgIpc) is 2.86. The van der Waals surface area contributed by atoms with Gasteiger partial charge >= 0.3 is 0 Å². The molecule has 0 radical (unpaired) electrons. The molecule has 88 valence electrons. The van der Waals surface area contributed by atoms with Gasteiger partial charge in [-0.05, 0) is 32.0 Å². The van der Waals surface area contributed by atoms with Crippen molar-refractivity contribution >= 4 is 17.2 Å². The number of rotatable bonds is 3. The van der Waals surface area contributed by atoms with Crippen molar-refractivity contribution in [1.82, 2.24) is 9.80 Å². The van der Waals surface area contributed by atoms with Crippen LogP contribution in [-0.4, -0.2) is 48.9 Å². The Morgan fingerprint density at radius 2 is 2.44 bits per heavy atom. The molecule has 2 rings (SSSR count). The zero-order chi connectivity index (χ0) is 11.5. The van der Waals surface area contributed by atoms with E-state index >= 15 is 0 Å². The van der Waals surface area contributed by atoms with Crippen molar-refractivity contribution in [1.29, 1.82) is 0 Å². The van der Waals surface area contributed by atoms with Gasteiger partial charge in [0, 0.05) is 24.0 Å². The second kappa shape index (κ2) is 4.97. The van der Waals surface area contributed by atoms with Crippen LogP contribution in [0.5, 0.6) is 0 Å². The summed E-state index contributed by atoms with van der Waals surface area (Å²) in [5.74, 6) is 0.270. The second-order valence-electron chi connectivity index (χ2n) is 4.50. The van der Waals surface area contributed by atoms with E-state index in [2.05, 4.69) is 19.0 Å². The molecule has 1 atom stereocenters. The Labute approximate surface area is 101 Å². The first-order valence-corrected chi connectivity index (χ1v) is 6.51. The van der Waals surface area contributed by atoms with Crippen molar-refractivity contribution in [2.45, 2.75) is 18.9 Å². The van der Waals surface area contributed by atoms with Gasteiger partial charge in [0.05, 0.1) is 6.42 Å². The fourth-order valence-electron chi connectivity index (χ4n) is 2.06. The Morgan fingerprint density at radius 3 is 3.00 bits per heavy atom. The van der Waals surface area contributed by atoms with Gasteiger partial charge < -0.3 is 9.80 Å². The van der Waals surface area contributed by atoms with Gasteiger partial charge in [-0.2, -0.15) is 0 Å². The third-order valence-electron chi connectivity index (χ3n) is 3.15. The molecule has 0 aliphatic carbocycles. The number of hydrogen-bond donors (Lipinski definition) is 0. The fraction of sp³-hybridized carbons (Fsp3) is 0.583. The molecule has 16 heavy (non-hydrogen) atoms. The summed E-state index contributed by atoms with van der Waals surface area (Å²) in [4.78, 5) is 17.4. The lowest BCUT2D eigenvalue weighted by atomic mass is 10.2. The molecule has 1 saturated heterocycles. The Balaban J connectivity index is 1.87. The molecule has 4 heteroatoms. The number of carbonyl (C=O) groups is 1. The SMILES string of the molecule is CN(C)C1CCN(C(=O)Cc2cccs2)C1. The van der Waals surface area contributed by atoms with Crippen molar-refractivity contribution in [3.63, 3.8) is 0 Å². The monoisotopic (exact) mass is 238 g/mol. The zero-order valence-corrected chi connectivity index (χ0v) is 10.7. The number of carbonyl (C=O) groups excluding carboxylic acids is 1.